The quantitative estimate of drug-likeness (QED) is 0.490. The Balaban J connectivity index is 3.97. The molecular formula is C9H20N2O2S. The lowest BCUT2D eigenvalue weighted by Crippen LogP contribution is -2.36. The largest absolute Gasteiger partial charge is 0.463 e. The van der Waals surface area contributed by atoms with Gasteiger partial charge in [-0.25, -0.2) is 0 Å². The molecule has 0 fully saturated rings. The molecule has 14 heavy (non-hydrogen) atoms. The summed E-state index contributed by atoms with van der Waals surface area (Å²) in [4.78, 5) is 11.5. The third kappa shape index (κ3) is 6.23. The van der Waals surface area contributed by atoms with E-state index in [4.69, 9.17) is 10.5 Å². The standard InChI is InChI=1S/C9H20N2O2S/c1-7(2)6-8(11-14-3)9(12)13-5-4-10/h7-8,11H,4-6,10H2,1-3H3/t8-/m0/s1. The second-order valence-corrected chi connectivity index (χ2v) is 4.10. The molecule has 0 amide bonds. The zero-order valence-corrected chi connectivity index (χ0v) is 9.89. The summed E-state index contributed by atoms with van der Waals surface area (Å²) in [6.45, 7) is 4.82. The van der Waals surface area contributed by atoms with E-state index in [1.165, 1.54) is 11.9 Å². The average molecular weight is 220 g/mol. The summed E-state index contributed by atoms with van der Waals surface area (Å²) in [6, 6.07) is -0.225. The predicted octanol–water partition coefficient (Wildman–Crippen LogP) is 0.771. The van der Waals surface area contributed by atoms with Crippen molar-refractivity contribution in [2.24, 2.45) is 11.7 Å². The molecule has 84 valence electrons. The zero-order valence-electron chi connectivity index (χ0n) is 9.08. The molecule has 1 atom stereocenters. The van der Waals surface area contributed by atoms with Crippen molar-refractivity contribution < 1.29 is 9.53 Å². The molecule has 0 aromatic heterocycles. The predicted molar refractivity (Wildman–Crippen MR) is 59.9 cm³/mol. The van der Waals surface area contributed by atoms with Crippen LogP contribution in [0.1, 0.15) is 20.3 Å². The van der Waals surface area contributed by atoms with Gasteiger partial charge in [0, 0.05) is 6.54 Å². The number of hydrogen-bond acceptors (Lipinski definition) is 5. The van der Waals surface area contributed by atoms with Crippen LogP contribution in [-0.4, -0.2) is 31.4 Å². The Kier molecular flexibility index (Phi) is 7.93. The molecule has 0 saturated heterocycles. The Bertz CT molecular complexity index is 165. The summed E-state index contributed by atoms with van der Waals surface area (Å²) in [6.07, 6.45) is 2.67. The maximum atomic E-state index is 11.5. The van der Waals surface area contributed by atoms with Gasteiger partial charge >= 0.3 is 5.97 Å². The van der Waals surface area contributed by atoms with Gasteiger partial charge in [-0.1, -0.05) is 25.8 Å². The highest BCUT2D eigenvalue weighted by atomic mass is 32.2. The van der Waals surface area contributed by atoms with E-state index in [2.05, 4.69) is 18.6 Å². The molecule has 0 saturated carbocycles. The molecule has 0 aromatic carbocycles. The number of carbonyl (C=O) groups excluding carboxylic acids is 1. The van der Waals surface area contributed by atoms with Gasteiger partial charge in [0.25, 0.3) is 0 Å². The van der Waals surface area contributed by atoms with Crippen LogP contribution in [0.25, 0.3) is 0 Å². The highest BCUT2D eigenvalue weighted by Crippen LogP contribution is 2.08. The van der Waals surface area contributed by atoms with Gasteiger partial charge in [-0.2, -0.15) is 0 Å². The Labute approximate surface area is 90.1 Å². The molecule has 0 rings (SSSR count). The number of esters is 1. The van der Waals surface area contributed by atoms with Crippen LogP contribution < -0.4 is 10.5 Å². The fourth-order valence-electron chi connectivity index (χ4n) is 1.07. The molecule has 0 bridgehead atoms. The molecule has 4 nitrogen and oxygen atoms in total. The normalized spacial score (nSPS) is 12.9. The molecule has 0 unspecified atom stereocenters. The van der Waals surface area contributed by atoms with Crippen LogP contribution in [0, 0.1) is 5.92 Å². The van der Waals surface area contributed by atoms with E-state index in [1.807, 2.05) is 6.26 Å². The van der Waals surface area contributed by atoms with Gasteiger partial charge in [0.15, 0.2) is 0 Å². The number of ether oxygens (including phenoxy) is 1. The van der Waals surface area contributed by atoms with Crippen molar-refractivity contribution in [1.82, 2.24) is 4.72 Å². The maximum Gasteiger partial charge on any atom is 0.324 e. The first-order valence-electron chi connectivity index (χ1n) is 4.77. The Morgan fingerprint density at radius 3 is 2.64 bits per heavy atom. The van der Waals surface area contributed by atoms with Crippen molar-refractivity contribution in [3.8, 4) is 0 Å². The van der Waals surface area contributed by atoms with Crippen LogP contribution in [0.5, 0.6) is 0 Å². The molecule has 0 heterocycles. The minimum absolute atomic E-state index is 0.210. The van der Waals surface area contributed by atoms with Gasteiger partial charge < -0.3 is 10.5 Å². The Hall–Kier alpha value is -0.260. The molecule has 0 aliphatic heterocycles. The van der Waals surface area contributed by atoms with Crippen molar-refractivity contribution >= 4 is 17.9 Å². The highest BCUT2D eigenvalue weighted by Gasteiger charge is 2.20. The first kappa shape index (κ1) is 13.7. The van der Waals surface area contributed by atoms with Crippen LogP contribution in [-0.2, 0) is 9.53 Å². The summed E-state index contributed by atoms with van der Waals surface area (Å²) in [5.74, 6) is 0.253. The van der Waals surface area contributed by atoms with Gasteiger partial charge in [-0.05, 0) is 18.6 Å². The number of hydrogen-bond donors (Lipinski definition) is 2. The van der Waals surface area contributed by atoms with Crippen LogP contribution in [0.15, 0.2) is 0 Å². The summed E-state index contributed by atoms with van der Waals surface area (Å²) in [5, 5.41) is 0. The Morgan fingerprint density at radius 1 is 1.57 bits per heavy atom. The molecule has 0 aromatic rings. The van der Waals surface area contributed by atoms with Crippen LogP contribution in [0.3, 0.4) is 0 Å². The SMILES string of the molecule is CSN[C@@H](CC(C)C)C(=O)OCCN. The molecule has 0 radical (unpaired) electrons. The third-order valence-electron chi connectivity index (χ3n) is 1.61. The zero-order chi connectivity index (χ0) is 11.0. The third-order valence-corrected chi connectivity index (χ3v) is 2.13. The fourth-order valence-corrected chi connectivity index (χ4v) is 1.54. The lowest BCUT2D eigenvalue weighted by molar-refractivity contribution is -0.145. The smallest absolute Gasteiger partial charge is 0.324 e. The van der Waals surface area contributed by atoms with E-state index in [-0.39, 0.29) is 12.0 Å². The van der Waals surface area contributed by atoms with Gasteiger partial charge in [-0.15, -0.1) is 0 Å². The monoisotopic (exact) mass is 220 g/mol. The Morgan fingerprint density at radius 2 is 2.21 bits per heavy atom. The first-order chi connectivity index (χ1) is 6.61. The summed E-state index contributed by atoms with van der Waals surface area (Å²) >= 11 is 1.43. The summed E-state index contributed by atoms with van der Waals surface area (Å²) in [7, 11) is 0. The van der Waals surface area contributed by atoms with E-state index in [1.54, 1.807) is 0 Å². The van der Waals surface area contributed by atoms with E-state index in [9.17, 15) is 4.79 Å². The van der Waals surface area contributed by atoms with E-state index < -0.39 is 0 Å². The molecule has 5 heteroatoms. The van der Waals surface area contributed by atoms with E-state index in [0.717, 1.165) is 6.42 Å². The van der Waals surface area contributed by atoms with Crippen molar-refractivity contribution in [1.29, 1.82) is 0 Å². The van der Waals surface area contributed by atoms with Crippen molar-refractivity contribution in [3.05, 3.63) is 0 Å². The number of nitrogens with one attached hydrogen (secondary N) is 1. The molecule has 0 aliphatic carbocycles. The fraction of sp³-hybridized carbons (Fsp3) is 0.889. The number of carbonyl (C=O) groups is 1. The van der Waals surface area contributed by atoms with E-state index in [0.29, 0.717) is 19.1 Å². The van der Waals surface area contributed by atoms with Crippen molar-refractivity contribution in [3.63, 3.8) is 0 Å². The molecule has 3 N–H and O–H groups in total. The maximum absolute atomic E-state index is 11.5. The van der Waals surface area contributed by atoms with E-state index >= 15 is 0 Å². The van der Waals surface area contributed by atoms with Crippen molar-refractivity contribution in [2.45, 2.75) is 26.3 Å². The first-order valence-corrected chi connectivity index (χ1v) is 5.99. The van der Waals surface area contributed by atoms with Gasteiger partial charge in [0.2, 0.25) is 0 Å². The lowest BCUT2D eigenvalue weighted by Gasteiger charge is -2.17. The second kappa shape index (κ2) is 8.08. The average Bonchev–Trinajstić information content (AvgIpc) is 2.13. The van der Waals surface area contributed by atoms with Gasteiger partial charge in [-0.3, -0.25) is 9.52 Å². The van der Waals surface area contributed by atoms with Crippen molar-refractivity contribution in [2.75, 3.05) is 19.4 Å². The number of rotatable bonds is 7. The minimum Gasteiger partial charge on any atom is -0.463 e. The molecular weight excluding hydrogens is 200 g/mol. The lowest BCUT2D eigenvalue weighted by atomic mass is 10.1. The minimum atomic E-state index is -0.225. The van der Waals surface area contributed by atoms with Gasteiger partial charge in [0.1, 0.15) is 12.6 Å². The second-order valence-electron chi connectivity index (χ2n) is 3.46. The van der Waals surface area contributed by atoms with Crippen LogP contribution >= 0.6 is 11.9 Å². The highest BCUT2D eigenvalue weighted by molar-refractivity contribution is 7.96. The summed E-state index contributed by atoms with van der Waals surface area (Å²) < 4.78 is 7.99. The topological polar surface area (TPSA) is 64.3 Å². The van der Waals surface area contributed by atoms with Crippen LogP contribution in [0.2, 0.25) is 0 Å². The van der Waals surface area contributed by atoms with Crippen LogP contribution in [0.4, 0.5) is 0 Å². The van der Waals surface area contributed by atoms with Gasteiger partial charge in [0.05, 0.1) is 0 Å². The molecule has 0 aliphatic rings. The number of nitrogens with two attached hydrogens (primary N) is 1. The summed E-state index contributed by atoms with van der Waals surface area (Å²) in [5.41, 5.74) is 5.25. The molecule has 0 spiro atoms.